The Kier molecular flexibility index (Phi) is 6.29. The van der Waals surface area contributed by atoms with Crippen LogP contribution < -0.4 is 4.74 Å². The Hall–Kier alpha value is -3.64. The van der Waals surface area contributed by atoms with Crippen molar-refractivity contribution >= 4 is 17.5 Å². The minimum absolute atomic E-state index is 0.156. The fraction of sp³-hybridized carbons (Fsp3) is 0.125. The van der Waals surface area contributed by atoms with E-state index in [-0.39, 0.29) is 12.5 Å². The lowest BCUT2D eigenvalue weighted by Gasteiger charge is -2.18. The SMILES string of the molecule is CN(Cc1nnc(-c2ccccc2)o1)C(=O)c1cc(Cl)ccc1OCc1ccccc1. The van der Waals surface area contributed by atoms with Crippen molar-refractivity contribution in [2.75, 3.05) is 7.05 Å². The Morgan fingerprint density at radius 3 is 2.45 bits per heavy atom. The van der Waals surface area contributed by atoms with Gasteiger partial charge in [-0.3, -0.25) is 4.79 Å². The van der Waals surface area contributed by atoms with Crippen LogP contribution in [0.25, 0.3) is 11.5 Å². The molecule has 1 amide bonds. The topological polar surface area (TPSA) is 68.5 Å². The number of rotatable bonds is 7. The van der Waals surface area contributed by atoms with Crippen LogP contribution in [-0.4, -0.2) is 28.1 Å². The van der Waals surface area contributed by atoms with Crippen LogP contribution in [0.15, 0.2) is 83.3 Å². The maximum Gasteiger partial charge on any atom is 0.257 e. The molecule has 1 aromatic heterocycles. The summed E-state index contributed by atoms with van der Waals surface area (Å²) in [5.41, 5.74) is 2.19. The zero-order chi connectivity index (χ0) is 21.6. The Bertz CT molecular complexity index is 1160. The molecule has 4 aromatic rings. The predicted octanol–water partition coefficient (Wildman–Crippen LogP) is 5.24. The highest BCUT2D eigenvalue weighted by molar-refractivity contribution is 6.31. The second kappa shape index (κ2) is 9.45. The van der Waals surface area contributed by atoms with Crippen LogP contribution in [-0.2, 0) is 13.2 Å². The van der Waals surface area contributed by atoms with Gasteiger partial charge in [0.15, 0.2) is 0 Å². The molecular weight excluding hydrogens is 414 g/mol. The molecule has 31 heavy (non-hydrogen) atoms. The Morgan fingerprint density at radius 1 is 1.00 bits per heavy atom. The largest absolute Gasteiger partial charge is 0.488 e. The van der Waals surface area contributed by atoms with E-state index in [0.29, 0.717) is 34.7 Å². The Labute approximate surface area is 185 Å². The highest BCUT2D eigenvalue weighted by Gasteiger charge is 2.20. The lowest BCUT2D eigenvalue weighted by molar-refractivity contribution is 0.0768. The third-order valence-corrected chi connectivity index (χ3v) is 4.85. The Morgan fingerprint density at radius 2 is 1.71 bits per heavy atom. The maximum absolute atomic E-state index is 13.1. The number of ether oxygens (including phenoxy) is 1. The third-order valence-electron chi connectivity index (χ3n) is 4.62. The van der Waals surface area contributed by atoms with Gasteiger partial charge in [0.25, 0.3) is 5.91 Å². The number of benzene rings is 3. The molecule has 0 fully saturated rings. The molecule has 0 bridgehead atoms. The van der Waals surface area contributed by atoms with Crippen molar-refractivity contribution < 1.29 is 13.9 Å². The molecule has 1 heterocycles. The molecular formula is C24H20ClN3O3. The van der Waals surface area contributed by atoms with Gasteiger partial charge in [0, 0.05) is 17.6 Å². The summed E-state index contributed by atoms with van der Waals surface area (Å²) in [6.07, 6.45) is 0. The number of hydrogen-bond acceptors (Lipinski definition) is 5. The summed E-state index contributed by atoms with van der Waals surface area (Å²) in [7, 11) is 1.66. The van der Waals surface area contributed by atoms with Crippen LogP contribution in [0.3, 0.4) is 0 Å². The van der Waals surface area contributed by atoms with E-state index in [2.05, 4.69) is 10.2 Å². The standard InChI is InChI=1S/C24H20ClN3O3/c1-28(15-22-26-27-23(31-22)18-10-6-3-7-11-18)24(29)20-14-19(25)12-13-21(20)30-16-17-8-4-2-5-9-17/h2-14H,15-16H2,1H3. The molecule has 0 aliphatic heterocycles. The van der Waals surface area contributed by atoms with Gasteiger partial charge in [-0.05, 0) is 35.9 Å². The maximum atomic E-state index is 13.1. The molecule has 0 aliphatic rings. The van der Waals surface area contributed by atoms with Gasteiger partial charge in [-0.2, -0.15) is 0 Å². The summed E-state index contributed by atoms with van der Waals surface area (Å²) in [6.45, 7) is 0.500. The van der Waals surface area contributed by atoms with Crippen molar-refractivity contribution in [3.8, 4) is 17.2 Å². The molecule has 0 saturated carbocycles. The van der Waals surface area contributed by atoms with Crippen LogP contribution >= 0.6 is 11.6 Å². The first kappa shape index (κ1) is 20.6. The number of carbonyl (C=O) groups is 1. The molecule has 0 aliphatic carbocycles. The van der Waals surface area contributed by atoms with Crippen LogP contribution in [0.2, 0.25) is 5.02 Å². The Balaban J connectivity index is 1.48. The molecule has 156 valence electrons. The first-order valence-corrected chi connectivity index (χ1v) is 10.1. The number of hydrogen-bond donors (Lipinski definition) is 0. The van der Waals surface area contributed by atoms with Crippen molar-refractivity contribution in [1.82, 2.24) is 15.1 Å². The van der Waals surface area contributed by atoms with Crippen LogP contribution in [0, 0.1) is 0 Å². The van der Waals surface area contributed by atoms with Crippen LogP contribution in [0.1, 0.15) is 21.8 Å². The van der Waals surface area contributed by atoms with Crippen molar-refractivity contribution in [2.24, 2.45) is 0 Å². The second-order valence-corrected chi connectivity index (χ2v) is 7.38. The average molecular weight is 434 g/mol. The highest BCUT2D eigenvalue weighted by atomic mass is 35.5. The summed E-state index contributed by atoms with van der Waals surface area (Å²) >= 11 is 6.15. The zero-order valence-corrected chi connectivity index (χ0v) is 17.6. The fourth-order valence-electron chi connectivity index (χ4n) is 3.03. The van der Waals surface area contributed by atoms with Gasteiger partial charge >= 0.3 is 0 Å². The van der Waals surface area contributed by atoms with Crippen LogP contribution in [0.5, 0.6) is 5.75 Å². The first-order chi connectivity index (χ1) is 15.1. The molecule has 4 rings (SSSR count). The third kappa shape index (κ3) is 5.10. The number of amides is 1. The normalized spacial score (nSPS) is 10.6. The minimum atomic E-state index is -0.259. The summed E-state index contributed by atoms with van der Waals surface area (Å²) in [4.78, 5) is 14.6. The van der Waals surface area contributed by atoms with E-state index in [1.54, 1.807) is 25.2 Å². The zero-order valence-electron chi connectivity index (χ0n) is 16.9. The van der Waals surface area contributed by atoms with E-state index >= 15 is 0 Å². The molecule has 0 radical (unpaired) electrons. The van der Waals surface area contributed by atoms with Gasteiger partial charge in [0.05, 0.1) is 12.1 Å². The molecule has 0 unspecified atom stereocenters. The van der Waals surface area contributed by atoms with Gasteiger partial charge in [0.1, 0.15) is 12.4 Å². The summed E-state index contributed by atoms with van der Waals surface area (Å²) in [5, 5.41) is 8.57. The average Bonchev–Trinajstić information content (AvgIpc) is 3.27. The van der Waals surface area contributed by atoms with E-state index in [4.69, 9.17) is 20.8 Å². The van der Waals surface area contributed by atoms with Crippen molar-refractivity contribution in [3.05, 3.63) is 101 Å². The lowest BCUT2D eigenvalue weighted by atomic mass is 10.1. The molecule has 3 aromatic carbocycles. The van der Waals surface area contributed by atoms with E-state index in [1.165, 1.54) is 4.90 Å². The van der Waals surface area contributed by atoms with Crippen molar-refractivity contribution in [3.63, 3.8) is 0 Å². The van der Waals surface area contributed by atoms with Gasteiger partial charge < -0.3 is 14.1 Å². The molecule has 7 heteroatoms. The number of aromatic nitrogens is 2. The van der Waals surface area contributed by atoms with E-state index < -0.39 is 0 Å². The second-order valence-electron chi connectivity index (χ2n) is 6.94. The molecule has 0 atom stereocenters. The number of halogens is 1. The fourth-order valence-corrected chi connectivity index (χ4v) is 3.20. The highest BCUT2D eigenvalue weighted by Crippen LogP contribution is 2.26. The van der Waals surface area contributed by atoms with E-state index in [0.717, 1.165) is 11.1 Å². The van der Waals surface area contributed by atoms with E-state index in [9.17, 15) is 4.79 Å². The predicted molar refractivity (Wildman–Crippen MR) is 118 cm³/mol. The monoisotopic (exact) mass is 433 g/mol. The van der Waals surface area contributed by atoms with Gasteiger partial charge in [-0.1, -0.05) is 60.1 Å². The van der Waals surface area contributed by atoms with Crippen molar-refractivity contribution in [1.29, 1.82) is 0 Å². The van der Waals surface area contributed by atoms with Gasteiger partial charge in [0.2, 0.25) is 11.8 Å². The van der Waals surface area contributed by atoms with Crippen molar-refractivity contribution in [2.45, 2.75) is 13.2 Å². The smallest absolute Gasteiger partial charge is 0.257 e. The molecule has 0 saturated heterocycles. The molecule has 0 spiro atoms. The number of carbonyl (C=O) groups excluding carboxylic acids is 1. The van der Waals surface area contributed by atoms with E-state index in [1.807, 2.05) is 60.7 Å². The van der Waals surface area contributed by atoms with Gasteiger partial charge in [-0.15, -0.1) is 10.2 Å². The summed E-state index contributed by atoms with van der Waals surface area (Å²) < 4.78 is 11.6. The minimum Gasteiger partial charge on any atom is -0.488 e. The molecule has 0 N–H and O–H groups in total. The summed E-state index contributed by atoms with van der Waals surface area (Å²) in [5.74, 6) is 0.945. The molecule has 6 nitrogen and oxygen atoms in total. The summed E-state index contributed by atoms with van der Waals surface area (Å²) in [6, 6.07) is 24.2. The van der Waals surface area contributed by atoms with Gasteiger partial charge in [-0.25, -0.2) is 0 Å². The quantitative estimate of drug-likeness (QED) is 0.398. The first-order valence-electron chi connectivity index (χ1n) is 9.69. The number of nitrogens with zero attached hydrogens (tertiary/aromatic N) is 3. The van der Waals surface area contributed by atoms with Crippen LogP contribution in [0.4, 0.5) is 0 Å². The lowest BCUT2D eigenvalue weighted by Crippen LogP contribution is -2.27.